The third-order valence-electron chi connectivity index (χ3n) is 4.04. The highest BCUT2D eigenvalue weighted by molar-refractivity contribution is 8.00. The Labute approximate surface area is 172 Å². The second-order valence-corrected chi connectivity index (χ2v) is 7.46. The fraction of sp³-hybridized carbons (Fsp3) is 0.250. The molecule has 3 rings (SSSR count). The van der Waals surface area contributed by atoms with Gasteiger partial charge >= 0.3 is 0 Å². The quantitative estimate of drug-likeness (QED) is 0.448. The van der Waals surface area contributed by atoms with Crippen molar-refractivity contribution in [2.75, 3.05) is 11.9 Å². The maximum Gasteiger partial charge on any atom is 0.237 e. The van der Waals surface area contributed by atoms with Gasteiger partial charge in [-0.15, -0.1) is 5.10 Å². The lowest BCUT2D eigenvalue weighted by Gasteiger charge is -2.13. The van der Waals surface area contributed by atoms with Gasteiger partial charge in [-0.05, 0) is 67.6 Å². The molecule has 1 N–H and O–H groups in total. The molecular weight excluding hydrogens is 390 g/mol. The molecule has 3 aromatic rings. The molecule has 150 valence electrons. The van der Waals surface area contributed by atoms with Gasteiger partial charge in [-0.3, -0.25) is 9.59 Å². The SMILES string of the molecule is CCOc1ccccc1-n1nnnc1S[C@H](C)C(=O)Nc1ccc(C(C)=O)cc1. The number of carbonyl (C=O) groups is 2. The molecule has 0 fully saturated rings. The van der Waals surface area contributed by atoms with Gasteiger partial charge < -0.3 is 10.1 Å². The van der Waals surface area contributed by atoms with Crippen molar-refractivity contribution in [2.45, 2.75) is 31.2 Å². The zero-order valence-corrected chi connectivity index (χ0v) is 17.1. The first-order valence-corrected chi connectivity index (χ1v) is 9.96. The first-order chi connectivity index (χ1) is 14.0. The van der Waals surface area contributed by atoms with Gasteiger partial charge in [-0.2, -0.15) is 4.68 Å². The molecule has 1 aromatic heterocycles. The van der Waals surface area contributed by atoms with E-state index < -0.39 is 5.25 Å². The van der Waals surface area contributed by atoms with E-state index in [1.807, 2.05) is 31.2 Å². The zero-order chi connectivity index (χ0) is 20.8. The molecule has 8 nitrogen and oxygen atoms in total. The average molecular weight is 411 g/mol. The van der Waals surface area contributed by atoms with Crippen LogP contribution in [0.3, 0.4) is 0 Å². The van der Waals surface area contributed by atoms with Crippen molar-refractivity contribution in [3.05, 3.63) is 54.1 Å². The van der Waals surface area contributed by atoms with Crippen LogP contribution in [-0.2, 0) is 4.79 Å². The van der Waals surface area contributed by atoms with E-state index in [9.17, 15) is 9.59 Å². The molecule has 29 heavy (non-hydrogen) atoms. The number of tetrazole rings is 1. The summed E-state index contributed by atoms with van der Waals surface area (Å²) in [6.45, 7) is 5.70. The number of hydrogen-bond donors (Lipinski definition) is 1. The topological polar surface area (TPSA) is 99.0 Å². The van der Waals surface area contributed by atoms with E-state index in [4.69, 9.17) is 4.74 Å². The second kappa shape index (κ2) is 9.33. The number of nitrogens with zero attached hydrogens (tertiary/aromatic N) is 4. The van der Waals surface area contributed by atoms with Crippen LogP contribution in [0.4, 0.5) is 5.69 Å². The first-order valence-electron chi connectivity index (χ1n) is 9.08. The number of ketones is 1. The zero-order valence-electron chi connectivity index (χ0n) is 16.3. The summed E-state index contributed by atoms with van der Waals surface area (Å²) in [5.41, 5.74) is 1.92. The van der Waals surface area contributed by atoms with Gasteiger partial charge in [0.1, 0.15) is 11.4 Å². The lowest BCUT2D eigenvalue weighted by Crippen LogP contribution is -2.23. The number of hydrogen-bond acceptors (Lipinski definition) is 7. The van der Waals surface area contributed by atoms with E-state index in [1.165, 1.54) is 18.7 Å². The number of benzene rings is 2. The van der Waals surface area contributed by atoms with Gasteiger partial charge in [0.2, 0.25) is 11.1 Å². The van der Waals surface area contributed by atoms with Gasteiger partial charge in [0.05, 0.1) is 11.9 Å². The lowest BCUT2D eigenvalue weighted by atomic mass is 10.1. The Morgan fingerprint density at radius 2 is 1.90 bits per heavy atom. The van der Waals surface area contributed by atoms with Crippen molar-refractivity contribution in [3.8, 4) is 11.4 Å². The van der Waals surface area contributed by atoms with Crippen LogP contribution in [0, 0.1) is 0 Å². The third kappa shape index (κ3) is 5.00. The minimum Gasteiger partial charge on any atom is -0.492 e. The highest BCUT2D eigenvalue weighted by Crippen LogP contribution is 2.28. The number of carbonyl (C=O) groups excluding carboxylic acids is 2. The fourth-order valence-corrected chi connectivity index (χ4v) is 3.36. The predicted octanol–water partition coefficient (Wildman–Crippen LogP) is 3.38. The Morgan fingerprint density at radius 1 is 1.17 bits per heavy atom. The number of thioether (sulfide) groups is 1. The minimum atomic E-state index is -0.452. The number of ether oxygens (including phenoxy) is 1. The number of aromatic nitrogens is 4. The third-order valence-corrected chi connectivity index (χ3v) is 5.08. The molecule has 1 atom stereocenters. The highest BCUT2D eigenvalue weighted by atomic mass is 32.2. The van der Waals surface area contributed by atoms with Crippen molar-refractivity contribution < 1.29 is 14.3 Å². The van der Waals surface area contributed by atoms with Crippen LogP contribution in [0.15, 0.2) is 53.7 Å². The summed E-state index contributed by atoms with van der Waals surface area (Å²) in [5, 5.41) is 14.7. The summed E-state index contributed by atoms with van der Waals surface area (Å²) < 4.78 is 7.20. The van der Waals surface area contributed by atoms with E-state index in [1.54, 1.807) is 35.9 Å². The summed E-state index contributed by atoms with van der Waals surface area (Å²) in [6, 6.07) is 14.2. The van der Waals surface area contributed by atoms with Crippen LogP contribution in [0.1, 0.15) is 31.1 Å². The van der Waals surface area contributed by atoms with Crippen molar-refractivity contribution in [3.63, 3.8) is 0 Å². The van der Waals surface area contributed by atoms with Gasteiger partial charge in [0.15, 0.2) is 5.78 Å². The van der Waals surface area contributed by atoms with Crippen molar-refractivity contribution in [2.24, 2.45) is 0 Å². The Balaban J connectivity index is 1.72. The molecule has 0 radical (unpaired) electrons. The molecule has 0 saturated heterocycles. The summed E-state index contributed by atoms with van der Waals surface area (Å²) in [7, 11) is 0. The average Bonchev–Trinajstić information content (AvgIpc) is 3.17. The van der Waals surface area contributed by atoms with Crippen molar-refractivity contribution in [1.29, 1.82) is 0 Å². The van der Waals surface area contributed by atoms with E-state index in [-0.39, 0.29) is 11.7 Å². The predicted molar refractivity (Wildman–Crippen MR) is 111 cm³/mol. The Hall–Kier alpha value is -3.20. The van der Waals surface area contributed by atoms with Crippen LogP contribution < -0.4 is 10.1 Å². The first kappa shape index (κ1) is 20.5. The maximum absolute atomic E-state index is 12.6. The lowest BCUT2D eigenvalue weighted by molar-refractivity contribution is -0.115. The molecule has 0 aliphatic heterocycles. The van der Waals surface area contributed by atoms with Crippen LogP contribution >= 0.6 is 11.8 Å². The standard InChI is InChI=1S/C20H21N5O3S/c1-4-28-18-8-6-5-7-17(18)25-20(22-23-24-25)29-14(3)19(27)21-16-11-9-15(10-12-16)13(2)26/h5-12,14H,4H2,1-3H3,(H,21,27)/t14-/m1/s1. The van der Waals surface area contributed by atoms with Gasteiger partial charge in [0.25, 0.3) is 0 Å². The molecule has 0 aliphatic carbocycles. The molecule has 0 aliphatic rings. The van der Waals surface area contributed by atoms with E-state index in [2.05, 4.69) is 20.8 Å². The summed E-state index contributed by atoms with van der Waals surface area (Å²) in [5.74, 6) is 0.441. The Morgan fingerprint density at radius 3 is 2.59 bits per heavy atom. The molecule has 0 spiro atoms. The van der Waals surface area contributed by atoms with E-state index in [0.29, 0.717) is 34.5 Å². The molecule has 0 saturated carbocycles. The Kier molecular flexibility index (Phi) is 6.61. The van der Waals surface area contributed by atoms with Crippen molar-refractivity contribution in [1.82, 2.24) is 20.2 Å². The van der Waals surface area contributed by atoms with E-state index in [0.717, 1.165) is 0 Å². The maximum atomic E-state index is 12.6. The molecule has 0 unspecified atom stereocenters. The molecular formula is C20H21N5O3S. The molecule has 0 bridgehead atoms. The number of amides is 1. The van der Waals surface area contributed by atoms with Gasteiger partial charge in [-0.25, -0.2) is 0 Å². The van der Waals surface area contributed by atoms with Crippen LogP contribution in [-0.4, -0.2) is 43.8 Å². The monoisotopic (exact) mass is 411 g/mol. The summed E-state index contributed by atoms with van der Waals surface area (Å²) in [6.07, 6.45) is 0. The van der Waals surface area contributed by atoms with E-state index >= 15 is 0 Å². The van der Waals surface area contributed by atoms with Crippen LogP contribution in [0.5, 0.6) is 5.75 Å². The molecule has 1 amide bonds. The minimum absolute atomic E-state index is 0.0222. The largest absolute Gasteiger partial charge is 0.492 e. The second-order valence-electron chi connectivity index (χ2n) is 6.16. The van der Waals surface area contributed by atoms with Gasteiger partial charge in [0, 0.05) is 11.3 Å². The van der Waals surface area contributed by atoms with Crippen LogP contribution in [0.2, 0.25) is 0 Å². The smallest absolute Gasteiger partial charge is 0.237 e. The van der Waals surface area contributed by atoms with Crippen LogP contribution in [0.25, 0.3) is 5.69 Å². The number of anilines is 1. The molecule has 2 aromatic carbocycles. The highest BCUT2D eigenvalue weighted by Gasteiger charge is 2.20. The number of rotatable bonds is 8. The molecule has 1 heterocycles. The number of Topliss-reactive ketones (excluding diaryl/α,β-unsaturated/α-hetero) is 1. The fourth-order valence-electron chi connectivity index (χ4n) is 2.56. The Bertz CT molecular complexity index is 1000. The normalized spacial score (nSPS) is 11.7. The van der Waals surface area contributed by atoms with Crippen molar-refractivity contribution >= 4 is 29.1 Å². The summed E-state index contributed by atoms with van der Waals surface area (Å²) >= 11 is 1.24. The number of nitrogens with one attached hydrogen (secondary N) is 1. The van der Waals surface area contributed by atoms with Gasteiger partial charge in [-0.1, -0.05) is 23.9 Å². The summed E-state index contributed by atoms with van der Waals surface area (Å²) in [4.78, 5) is 23.9. The number of para-hydroxylation sites is 2. The molecule has 9 heteroatoms.